The van der Waals surface area contributed by atoms with E-state index in [0.717, 1.165) is 38.5 Å². The molecule has 0 bridgehead atoms. The third-order valence-electron chi connectivity index (χ3n) is 10.9. The number of likely N-dealkylation sites (N-methyl/N-ethyl adjacent to an activating group) is 1. The second-order valence-corrected chi connectivity index (χ2v) is 18.9. The van der Waals surface area contributed by atoms with Gasteiger partial charge in [0.05, 0.1) is 52.3 Å². The zero-order valence-electron chi connectivity index (χ0n) is 37.3. The van der Waals surface area contributed by atoms with Crippen LogP contribution in [0.25, 0.3) is 0 Å². The van der Waals surface area contributed by atoms with Gasteiger partial charge in [0.2, 0.25) is 0 Å². The molecule has 0 spiro atoms. The third-order valence-corrected chi connectivity index (χ3v) is 11.8. The van der Waals surface area contributed by atoms with Crippen LogP contribution in [0.15, 0.2) is 36.6 Å². The van der Waals surface area contributed by atoms with E-state index in [2.05, 4.69) is 13.8 Å². The molecule has 0 saturated heterocycles. The van der Waals surface area contributed by atoms with Gasteiger partial charge in [-0.1, -0.05) is 141 Å². The van der Waals surface area contributed by atoms with Crippen molar-refractivity contribution < 1.29 is 52.6 Å². The van der Waals surface area contributed by atoms with Crippen LogP contribution >= 0.6 is 7.82 Å². The molecule has 340 valence electrons. The second-order valence-electron chi connectivity index (χ2n) is 17.4. The van der Waals surface area contributed by atoms with Gasteiger partial charge in [0.25, 0.3) is 7.82 Å². The molecule has 12 heteroatoms. The van der Waals surface area contributed by atoms with Crippen molar-refractivity contribution in [3.63, 3.8) is 0 Å². The summed E-state index contributed by atoms with van der Waals surface area (Å²) >= 11 is 0. The van der Waals surface area contributed by atoms with Gasteiger partial charge in [0.1, 0.15) is 19.8 Å². The second kappa shape index (κ2) is 34.1. The summed E-state index contributed by atoms with van der Waals surface area (Å²) in [6.07, 6.45) is 33.5. The van der Waals surface area contributed by atoms with E-state index < -0.39 is 38.2 Å². The molecule has 0 aromatic rings. The fraction of sp³-hybridized carbons (Fsp3) is 0.848. The molecule has 0 aliphatic heterocycles. The van der Waals surface area contributed by atoms with E-state index in [9.17, 15) is 29.6 Å². The van der Waals surface area contributed by atoms with Crippen LogP contribution in [0.5, 0.6) is 0 Å². The number of phosphoric acid groups is 1. The first-order valence-electron chi connectivity index (χ1n) is 23.0. The molecule has 1 aliphatic rings. The Kier molecular flexibility index (Phi) is 32.0. The average molecular weight is 844 g/mol. The van der Waals surface area contributed by atoms with Gasteiger partial charge in [-0.2, -0.15) is 0 Å². The topological polar surface area (TPSA) is 155 Å². The van der Waals surface area contributed by atoms with Crippen molar-refractivity contribution in [3.8, 4) is 0 Å². The molecular weight excluding hydrogens is 757 g/mol. The van der Waals surface area contributed by atoms with Crippen LogP contribution in [0.1, 0.15) is 168 Å². The van der Waals surface area contributed by atoms with Crippen molar-refractivity contribution in [1.82, 2.24) is 0 Å². The number of ether oxygens (including phenoxy) is 2. The van der Waals surface area contributed by atoms with Gasteiger partial charge >= 0.3 is 5.97 Å². The molecule has 3 N–H and O–H groups in total. The lowest BCUT2D eigenvalue weighted by atomic mass is 9.89. The van der Waals surface area contributed by atoms with Gasteiger partial charge in [0, 0.05) is 18.8 Å². The molecule has 1 fully saturated rings. The van der Waals surface area contributed by atoms with Crippen LogP contribution in [-0.4, -0.2) is 97.7 Å². The number of aliphatic hydroxyl groups is 3. The largest absolute Gasteiger partial charge is 0.756 e. The molecule has 0 radical (unpaired) electrons. The number of aliphatic hydroxyl groups excluding tert-OH is 3. The van der Waals surface area contributed by atoms with E-state index >= 15 is 0 Å². The van der Waals surface area contributed by atoms with Crippen molar-refractivity contribution >= 4 is 13.8 Å². The van der Waals surface area contributed by atoms with Crippen LogP contribution in [0.2, 0.25) is 0 Å². The van der Waals surface area contributed by atoms with E-state index in [4.69, 9.17) is 18.5 Å². The highest BCUT2D eigenvalue weighted by Crippen LogP contribution is 2.38. The van der Waals surface area contributed by atoms with E-state index in [-0.39, 0.29) is 38.1 Å². The molecule has 58 heavy (non-hydrogen) atoms. The predicted molar refractivity (Wildman–Crippen MR) is 233 cm³/mol. The maximum absolute atomic E-state index is 12.6. The molecule has 1 saturated carbocycles. The fourth-order valence-electron chi connectivity index (χ4n) is 7.11. The SMILES string of the molecule is CCCCCCCCCCCCCCCC/C=C/O[C@H](COC(=O)CCC/C=C/C[C@@H]1[C@@H](/C=C/[C@@H](O)CCCCC)[C@H](O)C[C@@H]1O)COP(=O)([O-])OCC[N+](C)(C)C. The van der Waals surface area contributed by atoms with Gasteiger partial charge in [-0.3, -0.25) is 9.36 Å². The van der Waals surface area contributed by atoms with E-state index in [0.29, 0.717) is 43.1 Å². The minimum atomic E-state index is -4.58. The number of carbonyl (C=O) groups excluding carboxylic acids is 1. The summed E-state index contributed by atoms with van der Waals surface area (Å²) < 4.78 is 34.3. The number of carbonyl (C=O) groups is 1. The molecule has 0 aromatic carbocycles. The standard InChI is InChI=1S/C46H86NO10P/c1-6-8-10-11-12-13-14-15-16-17-18-19-20-21-24-28-35-54-41(39-57-58(52,53)56-36-34-47(3,4)5)38-55-46(51)31-27-23-22-26-30-42-43(45(50)37-44(42)49)33-32-40(48)29-25-9-7-2/h22,26,28,32-33,35,40-45,48-50H,6-21,23-25,27,29-31,34,36-39H2,1-5H3/b26-22+,33-32+,35-28+/t40-,41+,42+,43+,44-,45+/m0/s1. The van der Waals surface area contributed by atoms with Gasteiger partial charge in [-0.15, -0.1) is 0 Å². The Labute approximate surface area is 353 Å². The number of unbranched alkanes of at least 4 members (excludes halogenated alkanes) is 17. The summed E-state index contributed by atoms with van der Waals surface area (Å²) in [5.74, 6) is -0.788. The molecule has 0 aromatic heterocycles. The predicted octanol–water partition coefficient (Wildman–Crippen LogP) is 9.48. The molecule has 1 rings (SSSR count). The smallest absolute Gasteiger partial charge is 0.305 e. The van der Waals surface area contributed by atoms with Crippen molar-refractivity contribution in [2.24, 2.45) is 11.8 Å². The average Bonchev–Trinajstić information content (AvgIpc) is 3.44. The molecule has 1 aliphatic carbocycles. The minimum Gasteiger partial charge on any atom is -0.756 e. The first-order chi connectivity index (χ1) is 27.8. The first kappa shape index (κ1) is 54.5. The van der Waals surface area contributed by atoms with Gasteiger partial charge < -0.3 is 43.2 Å². The summed E-state index contributed by atoms with van der Waals surface area (Å²) in [5, 5.41) is 31.3. The van der Waals surface area contributed by atoms with Gasteiger partial charge in [0.15, 0.2) is 6.10 Å². The number of hydrogen-bond donors (Lipinski definition) is 3. The van der Waals surface area contributed by atoms with E-state index in [1.165, 1.54) is 77.0 Å². The highest BCUT2D eigenvalue weighted by atomic mass is 31.2. The first-order valence-corrected chi connectivity index (χ1v) is 24.5. The van der Waals surface area contributed by atoms with Gasteiger partial charge in [-0.25, -0.2) is 0 Å². The molecule has 0 heterocycles. The Morgan fingerprint density at radius 3 is 1.98 bits per heavy atom. The van der Waals surface area contributed by atoms with Crippen LogP contribution in [0, 0.1) is 11.8 Å². The normalized spacial score (nSPS) is 21.0. The van der Waals surface area contributed by atoms with Gasteiger partial charge in [-0.05, 0) is 50.5 Å². The molecule has 11 nitrogen and oxygen atoms in total. The van der Waals surface area contributed by atoms with E-state index in [1.807, 2.05) is 45.4 Å². The number of hydrogen-bond acceptors (Lipinski definition) is 10. The zero-order valence-corrected chi connectivity index (χ0v) is 38.2. The highest BCUT2D eigenvalue weighted by molar-refractivity contribution is 7.45. The Morgan fingerprint density at radius 2 is 1.36 bits per heavy atom. The quantitative estimate of drug-likeness (QED) is 0.0137. The lowest BCUT2D eigenvalue weighted by Crippen LogP contribution is -2.37. The third kappa shape index (κ3) is 30.5. The molecular formula is C46H86NO10P. The number of allylic oxidation sites excluding steroid dienone is 3. The van der Waals surface area contributed by atoms with Crippen LogP contribution in [0.3, 0.4) is 0 Å². The van der Waals surface area contributed by atoms with Crippen LogP contribution < -0.4 is 4.89 Å². The summed E-state index contributed by atoms with van der Waals surface area (Å²) in [4.78, 5) is 25.0. The number of quaternary nitrogens is 1. The summed E-state index contributed by atoms with van der Waals surface area (Å²) in [5.41, 5.74) is 0. The maximum atomic E-state index is 12.6. The summed E-state index contributed by atoms with van der Waals surface area (Å²) in [6, 6.07) is 0. The number of rotatable bonds is 38. The number of nitrogens with zero attached hydrogens (tertiary/aromatic N) is 1. The van der Waals surface area contributed by atoms with E-state index in [1.54, 1.807) is 12.3 Å². The Morgan fingerprint density at radius 1 is 0.776 bits per heavy atom. The van der Waals surface area contributed by atoms with Crippen molar-refractivity contribution in [2.45, 2.75) is 192 Å². The Bertz CT molecular complexity index is 1140. The number of esters is 1. The monoisotopic (exact) mass is 844 g/mol. The zero-order chi connectivity index (χ0) is 42.9. The molecule has 7 atom stereocenters. The Hall–Kier alpha value is -1.56. The maximum Gasteiger partial charge on any atom is 0.305 e. The Balaban J connectivity index is 2.45. The van der Waals surface area contributed by atoms with Crippen molar-refractivity contribution in [3.05, 3.63) is 36.6 Å². The van der Waals surface area contributed by atoms with Crippen LogP contribution in [-0.2, 0) is 27.9 Å². The summed E-state index contributed by atoms with van der Waals surface area (Å²) in [6.45, 7) is 4.34. The lowest BCUT2D eigenvalue weighted by Gasteiger charge is -2.28. The minimum absolute atomic E-state index is 0.0114. The van der Waals surface area contributed by atoms with Crippen LogP contribution in [0.4, 0.5) is 0 Å². The highest BCUT2D eigenvalue weighted by Gasteiger charge is 2.39. The molecule has 1 unspecified atom stereocenters. The van der Waals surface area contributed by atoms with Crippen molar-refractivity contribution in [1.29, 1.82) is 0 Å². The molecule has 0 amide bonds. The number of phosphoric ester groups is 1. The summed E-state index contributed by atoms with van der Waals surface area (Å²) in [7, 11) is 1.23. The fourth-order valence-corrected chi connectivity index (χ4v) is 7.84. The van der Waals surface area contributed by atoms with Crippen molar-refractivity contribution in [2.75, 3.05) is 47.5 Å². The lowest BCUT2D eigenvalue weighted by molar-refractivity contribution is -0.870.